The van der Waals surface area contributed by atoms with Crippen LogP contribution in [0, 0.1) is 13.8 Å². The Morgan fingerprint density at radius 1 is 1.28 bits per heavy atom. The lowest BCUT2D eigenvalue weighted by Crippen LogP contribution is -2.22. The molecule has 1 N–H and O–H groups in total. The molecule has 18 heavy (non-hydrogen) atoms. The van der Waals surface area contributed by atoms with Gasteiger partial charge in [0.25, 0.3) is 0 Å². The number of rotatable bonds is 4. The Morgan fingerprint density at radius 2 is 2.06 bits per heavy atom. The molecule has 0 bridgehead atoms. The van der Waals surface area contributed by atoms with E-state index in [0.29, 0.717) is 6.04 Å². The maximum Gasteiger partial charge on any atom is 0.163 e. The molecule has 0 aliphatic carbocycles. The number of aryl methyl sites for hydroxylation is 2. The Hall–Kier alpha value is -1.68. The van der Waals surface area contributed by atoms with Gasteiger partial charge < -0.3 is 9.73 Å². The fraction of sp³-hybridized carbons (Fsp3) is 0.429. The van der Waals surface area contributed by atoms with Crippen LogP contribution < -0.4 is 5.32 Å². The summed E-state index contributed by atoms with van der Waals surface area (Å²) in [6, 6.07) is 4.36. The summed E-state index contributed by atoms with van der Waals surface area (Å²) >= 11 is 0. The van der Waals surface area contributed by atoms with Gasteiger partial charge in [0.05, 0.1) is 17.5 Å². The highest BCUT2D eigenvalue weighted by Crippen LogP contribution is 2.21. The van der Waals surface area contributed by atoms with Crippen molar-refractivity contribution in [1.82, 2.24) is 15.3 Å². The first-order chi connectivity index (χ1) is 8.56. The van der Waals surface area contributed by atoms with Crippen molar-refractivity contribution in [2.75, 3.05) is 0 Å². The Bertz CT molecular complexity index is 532. The van der Waals surface area contributed by atoms with E-state index in [-0.39, 0.29) is 0 Å². The number of furan rings is 1. The lowest BCUT2D eigenvalue weighted by Gasteiger charge is -2.09. The molecular formula is C14H19N3O. The molecule has 0 aliphatic rings. The van der Waals surface area contributed by atoms with Crippen molar-refractivity contribution >= 4 is 0 Å². The zero-order valence-corrected chi connectivity index (χ0v) is 11.3. The summed E-state index contributed by atoms with van der Waals surface area (Å²) in [7, 11) is 0. The zero-order valence-electron chi connectivity index (χ0n) is 11.3. The normalized spacial score (nSPS) is 11.2. The minimum atomic E-state index is 0.444. The molecule has 2 aromatic heterocycles. The maximum absolute atomic E-state index is 5.30. The van der Waals surface area contributed by atoms with Crippen LogP contribution in [0.15, 0.2) is 22.8 Å². The van der Waals surface area contributed by atoms with Crippen LogP contribution in [0.4, 0.5) is 0 Å². The Morgan fingerprint density at radius 3 is 2.67 bits per heavy atom. The van der Waals surface area contributed by atoms with Crippen molar-refractivity contribution in [1.29, 1.82) is 0 Å². The first-order valence-corrected chi connectivity index (χ1v) is 6.18. The second-order valence-corrected chi connectivity index (χ2v) is 4.75. The highest BCUT2D eigenvalue weighted by atomic mass is 16.3. The predicted octanol–water partition coefficient (Wildman–Crippen LogP) is 2.85. The van der Waals surface area contributed by atoms with E-state index in [4.69, 9.17) is 4.42 Å². The standard InChI is InChI=1S/C14H19N3O/c1-9(2)15-8-12-7-10(3)16-14(17-12)13-5-6-18-11(13)4/h5-7,9,15H,8H2,1-4H3. The lowest BCUT2D eigenvalue weighted by atomic mass is 10.2. The molecule has 2 heterocycles. The summed E-state index contributed by atoms with van der Waals surface area (Å²) in [6.07, 6.45) is 1.67. The second kappa shape index (κ2) is 5.31. The molecule has 0 radical (unpaired) electrons. The van der Waals surface area contributed by atoms with Crippen LogP contribution in [0.25, 0.3) is 11.4 Å². The number of hydrogen-bond donors (Lipinski definition) is 1. The quantitative estimate of drug-likeness (QED) is 0.900. The van der Waals surface area contributed by atoms with E-state index < -0.39 is 0 Å². The topological polar surface area (TPSA) is 51.0 Å². The van der Waals surface area contributed by atoms with E-state index in [0.717, 1.165) is 35.1 Å². The molecule has 0 fully saturated rings. The van der Waals surface area contributed by atoms with Gasteiger partial charge in [-0.1, -0.05) is 13.8 Å². The van der Waals surface area contributed by atoms with Gasteiger partial charge in [-0.25, -0.2) is 9.97 Å². The molecule has 0 amide bonds. The molecule has 0 saturated heterocycles. The zero-order chi connectivity index (χ0) is 13.1. The summed E-state index contributed by atoms with van der Waals surface area (Å²) in [5.41, 5.74) is 2.94. The first-order valence-electron chi connectivity index (χ1n) is 6.18. The minimum Gasteiger partial charge on any atom is -0.469 e. The van der Waals surface area contributed by atoms with Gasteiger partial charge in [0.15, 0.2) is 5.82 Å². The van der Waals surface area contributed by atoms with E-state index in [1.807, 2.05) is 26.0 Å². The summed E-state index contributed by atoms with van der Waals surface area (Å²) in [4.78, 5) is 9.04. The Balaban J connectivity index is 2.29. The lowest BCUT2D eigenvalue weighted by molar-refractivity contribution is 0.535. The van der Waals surface area contributed by atoms with E-state index in [2.05, 4.69) is 29.1 Å². The number of hydrogen-bond acceptors (Lipinski definition) is 4. The van der Waals surface area contributed by atoms with Gasteiger partial charge >= 0.3 is 0 Å². The molecule has 0 aromatic carbocycles. The predicted molar refractivity (Wildman–Crippen MR) is 71.2 cm³/mol. The van der Waals surface area contributed by atoms with Crippen molar-refractivity contribution in [3.63, 3.8) is 0 Å². The number of nitrogens with one attached hydrogen (secondary N) is 1. The third-order valence-corrected chi connectivity index (χ3v) is 2.70. The summed E-state index contributed by atoms with van der Waals surface area (Å²) in [5, 5.41) is 3.36. The molecule has 4 heteroatoms. The first kappa shape index (κ1) is 12.8. The van der Waals surface area contributed by atoms with E-state index in [1.54, 1.807) is 6.26 Å². The van der Waals surface area contributed by atoms with Crippen molar-refractivity contribution < 1.29 is 4.42 Å². The van der Waals surface area contributed by atoms with E-state index >= 15 is 0 Å². The summed E-state index contributed by atoms with van der Waals surface area (Å²) < 4.78 is 5.30. The Labute approximate surface area is 107 Å². The van der Waals surface area contributed by atoms with Crippen LogP contribution >= 0.6 is 0 Å². The van der Waals surface area contributed by atoms with Crippen LogP contribution in [0.2, 0.25) is 0 Å². The fourth-order valence-corrected chi connectivity index (χ4v) is 1.77. The van der Waals surface area contributed by atoms with Crippen molar-refractivity contribution in [3.05, 3.63) is 35.5 Å². The highest BCUT2D eigenvalue weighted by Gasteiger charge is 2.09. The van der Waals surface area contributed by atoms with E-state index in [1.165, 1.54) is 0 Å². The minimum absolute atomic E-state index is 0.444. The van der Waals surface area contributed by atoms with Crippen molar-refractivity contribution in [3.8, 4) is 11.4 Å². The maximum atomic E-state index is 5.30. The summed E-state index contributed by atoms with van der Waals surface area (Å²) in [5.74, 6) is 1.59. The van der Waals surface area contributed by atoms with Gasteiger partial charge in [0.2, 0.25) is 0 Å². The molecule has 0 atom stereocenters. The van der Waals surface area contributed by atoms with Gasteiger partial charge in [0, 0.05) is 18.3 Å². The molecule has 2 rings (SSSR count). The van der Waals surface area contributed by atoms with Crippen LogP contribution in [0.5, 0.6) is 0 Å². The third kappa shape index (κ3) is 2.96. The third-order valence-electron chi connectivity index (χ3n) is 2.70. The molecule has 0 spiro atoms. The van der Waals surface area contributed by atoms with E-state index in [9.17, 15) is 0 Å². The smallest absolute Gasteiger partial charge is 0.163 e. The molecule has 0 saturated carbocycles. The van der Waals surface area contributed by atoms with Gasteiger partial charge in [-0.3, -0.25) is 0 Å². The molecule has 0 aliphatic heterocycles. The molecular weight excluding hydrogens is 226 g/mol. The van der Waals surface area contributed by atoms with Crippen LogP contribution in [-0.2, 0) is 6.54 Å². The molecule has 0 unspecified atom stereocenters. The average molecular weight is 245 g/mol. The molecule has 96 valence electrons. The van der Waals surface area contributed by atoms with Gasteiger partial charge in [-0.05, 0) is 26.0 Å². The van der Waals surface area contributed by atoms with Crippen LogP contribution in [0.3, 0.4) is 0 Å². The summed E-state index contributed by atoms with van der Waals surface area (Å²) in [6.45, 7) is 8.90. The fourth-order valence-electron chi connectivity index (χ4n) is 1.77. The van der Waals surface area contributed by atoms with Crippen molar-refractivity contribution in [2.45, 2.75) is 40.3 Å². The average Bonchev–Trinajstić information content (AvgIpc) is 2.72. The second-order valence-electron chi connectivity index (χ2n) is 4.75. The van der Waals surface area contributed by atoms with Gasteiger partial charge in [0.1, 0.15) is 5.76 Å². The highest BCUT2D eigenvalue weighted by molar-refractivity contribution is 5.57. The number of aromatic nitrogens is 2. The molecule has 2 aromatic rings. The Kier molecular flexibility index (Phi) is 3.77. The van der Waals surface area contributed by atoms with Gasteiger partial charge in [-0.15, -0.1) is 0 Å². The molecule has 4 nitrogen and oxygen atoms in total. The SMILES string of the molecule is Cc1cc(CNC(C)C)nc(-c2ccoc2C)n1. The monoisotopic (exact) mass is 245 g/mol. The van der Waals surface area contributed by atoms with Crippen molar-refractivity contribution in [2.24, 2.45) is 0 Å². The number of nitrogens with zero attached hydrogens (tertiary/aromatic N) is 2. The van der Waals surface area contributed by atoms with Gasteiger partial charge in [-0.2, -0.15) is 0 Å². The largest absolute Gasteiger partial charge is 0.469 e. The van der Waals surface area contributed by atoms with Crippen LogP contribution in [0.1, 0.15) is 31.0 Å². The van der Waals surface area contributed by atoms with Crippen LogP contribution in [-0.4, -0.2) is 16.0 Å².